The Morgan fingerprint density at radius 3 is 2.68 bits per heavy atom. The molecule has 0 aliphatic carbocycles. The van der Waals surface area contributed by atoms with Crippen LogP contribution in [0.5, 0.6) is 0 Å². The van der Waals surface area contributed by atoms with Gasteiger partial charge in [0, 0.05) is 36.2 Å². The van der Waals surface area contributed by atoms with Gasteiger partial charge in [0.15, 0.2) is 0 Å². The maximum atomic E-state index is 12.2. The first kappa shape index (κ1) is 19.7. The van der Waals surface area contributed by atoms with Crippen LogP contribution < -0.4 is 10.6 Å². The molecule has 1 aliphatic rings. The van der Waals surface area contributed by atoms with Gasteiger partial charge >= 0.3 is 6.09 Å². The normalized spacial score (nSPS) is 14.7. The number of nitrogens with one attached hydrogen (secondary N) is 3. The molecule has 1 fully saturated rings. The fourth-order valence-electron chi connectivity index (χ4n) is 3.39. The van der Waals surface area contributed by atoms with E-state index in [4.69, 9.17) is 4.74 Å². The number of benzene rings is 1. The van der Waals surface area contributed by atoms with Crippen LogP contribution in [-0.2, 0) is 20.7 Å². The number of aromatic nitrogens is 1. The fraction of sp³-hybridized carbons (Fsp3) is 0.450. The minimum atomic E-state index is -0.308. The molecule has 0 unspecified atom stereocenters. The van der Waals surface area contributed by atoms with Gasteiger partial charge in [-0.2, -0.15) is 0 Å². The number of likely N-dealkylation sites (tertiary alicyclic amines) is 1. The van der Waals surface area contributed by atoms with E-state index in [0.29, 0.717) is 32.5 Å². The largest absolute Gasteiger partial charge is 0.450 e. The second-order valence-corrected chi connectivity index (χ2v) is 6.84. The van der Waals surface area contributed by atoms with E-state index in [0.717, 1.165) is 16.5 Å². The summed E-state index contributed by atoms with van der Waals surface area (Å²) in [6, 6.07) is 7.78. The van der Waals surface area contributed by atoms with Gasteiger partial charge in [-0.3, -0.25) is 9.59 Å². The number of hydrogen-bond acceptors (Lipinski definition) is 4. The lowest BCUT2D eigenvalue weighted by molar-refractivity contribution is -0.126. The molecular weight excluding hydrogens is 360 g/mol. The van der Waals surface area contributed by atoms with Crippen molar-refractivity contribution in [2.24, 2.45) is 0 Å². The van der Waals surface area contributed by atoms with Crippen molar-refractivity contribution in [1.29, 1.82) is 0 Å². The minimum Gasteiger partial charge on any atom is -0.450 e. The molecule has 3 amide bonds. The molecule has 1 saturated heterocycles. The van der Waals surface area contributed by atoms with E-state index in [1.54, 1.807) is 11.8 Å². The van der Waals surface area contributed by atoms with Crippen LogP contribution in [0.4, 0.5) is 4.79 Å². The van der Waals surface area contributed by atoms with Crippen molar-refractivity contribution in [2.75, 3.05) is 26.2 Å². The quantitative estimate of drug-likeness (QED) is 0.701. The van der Waals surface area contributed by atoms with Gasteiger partial charge in [0.1, 0.15) is 0 Å². The number of carbonyl (C=O) groups excluding carboxylic acids is 3. The van der Waals surface area contributed by atoms with Crippen molar-refractivity contribution in [3.05, 3.63) is 36.0 Å². The highest BCUT2D eigenvalue weighted by Crippen LogP contribution is 2.18. The van der Waals surface area contributed by atoms with Crippen LogP contribution in [0.3, 0.4) is 0 Å². The second-order valence-electron chi connectivity index (χ2n) is 6.84. The molecule has 3 N–H and O–H groups in total. The van der Waals surface area contributed by atoms with E-state index in [1.165, 1.54) is 0 Å². The minimum absolute atomic E-state index is 0.00342. The number of ether oxygens (including phenoxy) is 1. The summed E-state index contributed by atoms with van der Waals surface area (Å²) in [4.78, 5) is 40.7. The van der Waals surface area contributed by atoms with Gasteiger partial charge in [-0.15, -0.1) is 0 Å². The number of rotatable bonds is 6. The smallest absolute Gasteiger partial charge is 0.409 e. The second kappa shape index (κ2) is 9.25. The summed E-state index contributed by atoms with van der Waals surface area (Å²) in [5, 5.41) is 6.59. The predicted octanol–water partition coefficient (Wildman–Crippen LogP) is 1.56. The summed E-state index contributed by atoms with van der Waals surface area (Å²) < 4.78 is 4.98. The number of aromatic amines is 1. The van der Waals surface area contributed by atoms with Gasteiger partial charge in [-0.1, -0.05) is 18.2 Å². The average Bonchev–Trinajstić information content (AvgIpc) is 3.10. The number of piperidine rings is 1. The highest BCUT2D eigenvalue weighted by molar-refractivity contribution is 5.90. The SMILES string of the molecule is CCOC(=O)N1CCC(NC(=O)CNC(=O)Cc2c[nH]c3ccccc23)CC1. The van der Waals surface area contributed by atoms with Crippen molar-refractivity contribution in [1.82, 2.24) is 20.5 Å². The van der Waals surface area contributed by atoms with Crippen molar-refractivity contribution in [2.45, 2.75) is 32.2 Å². The zero-order valence-corrected chi connectivity index (χ0v) is 16.0. The molecule has 0 saturated carbocycles. The predicted molar refractivity (Wildman–Crippen MR) is 105 cm³/mol. The fourth-order valence-corrected chi connectivity index (χ4v) is 3.39. The zero-order chi connectivity index (χ0) is 19.9. The zero-order valence-electron chi connectivity index (χ0n) is 16.0. The van der Waals surface area contributed by atoms with Crippen molar-refractivity contribution in [3.8, 4) is 0 Å². The van der Waals surface area contributed by atoms with Gasteiger partial charge in [0.2, 0.25) is 11.8 Å². The van der Waals surface area contributed by atoms with Gasteiger partial charge in [0.05, 0.1) is 19.6 Å². The third-order valence-corrected chi connectivity index (χ3v) is 4.86. The summed E-state index contributed by atoms with van der Waals surface area (Å²) in [7, 11) is 0. The first-order valence-corrected chi connectivity index (χ1v) is 9.59. The first-order chi connectivity index (χ1) is 13.6. The lowest BCUT2D eigenvalue weighted by Crippen LogP contribution is -2.48. The molecule has 0 radical (unpaired) electrons. The Hall–Kier alpha value is -3.03. The van der Waals surface area contributed by atoms with Crippen LogP contribution >= 0.6 is 0 Å². The molecule has 1 aromatic carbocycles. The number of nitrogens with zero attached hydrogens (tertiary/aromatic N) is 1. The van der Waals surface area contributed by atoms with Crippen LogP contribution in [0.25, 0.3) is 10.9 Å². The molecule has 0 bridgehead atoms. The molecule has 1 aromatic heterocycles. The maximum absolute atomic E-state index is 12.2. The topological polar surface area (TPSA) is 104 Å². The van der Waals surface area contributed by atoms with Crippen LogP contribution in [0, 0.1) is 0 Å². The van der Waals surface area contributed by atoms with Gasteiger partial charge in [0.25, 0.3) is 0 Å². The van der Waals surface area contributed by atoms with Crippen LogP contribution in [0.15, 0.2) is 30.5 Å². The summed E-state index contributed by atoms with van der Waals surface area (Å²) in [6.45, 7) is 3.18. The Kier molecular flexibility index (Phi) is 6.52. The molecule has 0 atom stereocenters. The molecule has 28 heavy (non-hydrogen) atoms. The van der Waals surface area contributed by atoms with Crippen molar-refractivity contribution in [3.63, 3.8) is 0 Å². The number of amides is 3. The number of para-hydroxylation sites is 1. The molecule has 2 heterocycles. The molecule has 8 heteroatoms. The molecule has 150 valence electrons. The summed E-state index contributed by atoms with van der Waals surface area (Å²) >= 11 is 0. The van der Waals surface area contributed by atoms with Gasteiger partial charge in [-0.05, 0) is 31.4 Å². The average molecular weight is 386 g/mol. The van der Waals surface area contributed by atoms with Gasteiger partial charge < -0.3 is 25.3 Å². The molecule has 0 spiro atoms. The highest BCUT2D eigenvalue weighted by Gasteiger charge is 2.24. The van der Waals surface area contributed by atoms with E-state index in [2.05, 4.69) is 15.6 Å². The van der Waals surface area contributed by atoms with Crippen LogP contribution in [-0.4, -0.2) is 60.1 Å². The Morgan fingerprint density at radius 1 is 1.18 bits per heavy atom. The Bertz CT molecular complexity index is 840. The monoisotopic (exact) mass is 386 g/mol. The van der Waals surface area contributed by atoms with E-state index in [-0.39, 0.29) is 36.9 Å². The maximum Gasteiger partial charge on any atom is 0.409 e. The van der Waals surface area contributed by atoms with E-state index < -0.39 is 0 Å². The van der Waals surface area contributed by atoms with Crippen LogP contribution in [0.1, 0.15) is 25.3 Å². The standard InChI is InChI=1S/C20H26N4O4/c1-2-28-20(27)24-9-7-15(8-10-24)23-19(26)13-22-18(25)11-14-12-21-17-6-4-3-5-16(14)17/h3-6,12,15,21H,2,7-11,13H2,1H3,(H,22,25)(H,23,26). The van der Waals surface area contributed by atoms with E-state index in [9.17, 15) is 14.4 Å². The number of hydrogen-bond donors (Lipinski definition) is 3. The number of carbonyl (C=O) groups is 3. The lowest BCUT2D eigenvalue weighted by Gasteiger charge is -2.31. The van der Waals surface area contributed by atoms with Crippen molar-refractivity contribution < 1.29 is 19.1 Å². The molecular formula is C20H26N4O4. The highest BCUT2D eigenvalue weighted by atomic mass is 16.6. The number of fused-ring (bicyclic) bond motifs is 1. The lowest BCUT2D eigenvalue weighted by atomic mass is 10.1. The van der Waals surface area contributed by atoms with E-state index >= 15 is 0 Å². The molecule has 1 aliphatic heterocycles. The summed E-state index contributed by atoms with van der Waals surface area (Å²) in [6.07, 6.45) is 3.08. The molecule has 3 rings (SSSR count). The third kappa shape index (κ3) is 5.03. The van der Waals surface area contributed by atoms with Crippen LogP contribution in [0.2, 0.25) is 0 Å². The first-order valence-electron chi connectivity index (χ1n) is 9.59. The number of H-pyrrole nitrogens is 1. The van der Waals surface area contributed by atoms with Crippen molar-refractivity contribution >= 4 is 28.8 Å². The summed E-state index contributed by atoms with van der Waals surface area (Å²) in [5.74, 6) is -0.418. The Balaban J connectivity index is 1.39. The Labute approximate surface area is 163 Å². The summed E-state index contributed by atoms with van der Waals surface area (Å²) in [5.41, 5.74) is 1.89. The van der Waals surface area contributed by atoms with E-state index in [1.807, 2.05) is 30.5 Å². The van der Waals surface area contributed by atoms with Gasteiger partial charge in [-0.25, -0.2) is 4.79 Å². The molecule has 2 aromatic rings. The molecule has 8 nitrogen and oxygen atoms in total. The Morgan fingerprint density at radius 2 is 1.93 bits per heavy atom. The third-order valence-electron chi connectivity index (χ3n) is 4.86.